The Kier molecular flexibility index (Phi) is 3.93. The van der Waals surface area contributed by atoms with Crippen LogP contribution in [0.15, 0.2) is 52.2 Å². The Morgan fingerprint density at radius 1 is 1.13 bits per heavy atom. The van der Waals surface area contributed by atoms with Gasteiger partial charge in [-0.2, -0.15) is 0 Å². The maximum Gasteiger partial charge on any atom is 0.201 e. The smallest absolute Gasteiger partial charge is 0.201 e. The number of fused-ring (bicyclic) bond motifs is 6. The van der Waals surface area contributed by atoms with E-state index in [1.807, 2.05) is 13.0 Å². The van der Waals surface area contributed by atoms with E-state index >= 15 is 0 Å². The van der Waals surface area contributed by atoms with Gasteiger partial charge in [0.2, 0.25) is 5.43 Å². The number of hydrogen-bond acceptors (Lipinski definition) is 6. The fraction of sp³-hybridized carbons (Fsp3) is 0.208. The summed E-state index contributed by atoms with van der Waals surface area (Å²) < 4.78 is 28.8. The topological polar surface area (TPSA) is 67.1 Å². The molecule has 30 heavy (non-hydrogen) atoms. The maximum atomic E-state index is 13.6. The molecule has 0 bridgehead atoms. The third-order valence-electron chi connectivity index (χ3n) is 5.57. The van der Waals surface area contributed by atoms with Crippen LogP contribution < -0.4 is 24.4 Å². The monoisotopic (exact) mass is 404 g/mol. The van der Waals surface area contributed by atoms with Gasteiger partial charge in [0.05, 0.1) is 25.2 Å². The van der Waals surface area contributed by atoms with E-state index in [-0.39, 0.29) is 17.3 Å². The minimum atomic E-state index is -0.161. The van der Waals surface area contributed by atoms with Gasteiger partial charge in [-0.3, -0.25) is 4.79 Å². The summed E-state index contributed by atoms with van der Waals surface area (Å²) in [5, 5.41) is 0.480. The van der Waals surface area contributed by atoms with Crippen molar-refractivity contribution < 1.29 is 23.4 Å². The van der Waals surface area contributed by atoms with Crippen molar-refractivity contribution in [2.45, 2.75) is 19.4 Å². The highest BCUT2D eigenvalue weighted by Crippen LogP contribution is 2.47. The molecule has 0 aliphatic carbocycles. The summed E-state index contributed by atoms with van der Waals surface area (Å²) in [6.45, 7) is 9.87. The minimum absolute atomic E-state index is 0.135. The van der Waals surface area contributed by atoms with Crippen LogP contribution in [-0.4, -0.2) is 20.3 Å². The van der Waals surface area contributed by atoms with Gasteiger partial charge in [0, 0.05) is 23.6 Å². The van der Waals surface area contributed by atoms with Crippen molar-refractivity contribution in [3.05, 3.63) is 64.5 Å². The number of hydrogen-bond donors (Lipinski definition) is 0. The SMILES string of the molecule is C=C1Oc2cc(OC)c(OC)cc2-c2c1oc1c3c(ccc1c2=O)O[C@@H](C(=C)C)C3. The van der Waals surface area contributed by atoms with Gasteiger partial charge in [-0.1, -0.05) is 13.2 Å². The number of rotatable bonds is 3. The van der Waals surface area contributed by atoms with E-state index in [2.05, 4.69) is 13.2 Å². The molecule has 2 aliphatic rings. The van der Waals surface area contributed by atoms with Gasteiger partial charge >= 0.3 is 0 Å². The zero-order chi connectivity index (χ0) is 21.2. The normalized spacial score (nSPS) is 16.2. The van der Waals surface area contributed by atoms with Crippen LogP contribution in [0.2, 0.25) is 0 Å². The highest BCUT2D eigenvalue weighted by Gasteiger charge is 2.32. The van der Waals surface area contributed by atoms with Crippen LogP contribution in [0.3, 0.4) is 0 Å². The second-order valence-electron chi connectivity index (χ2n) is 7.44. The minimum Gasteiger partial charge on any atom is -0.493 e. The van der Waals surface area contributed by atoms with Crippen LogP contribution in [-0.2, 0) is 6.42 Å². The van der Waals surface area contributed by atoms with Gasteiger partial charge in [-0.25, -0.2) is 0 Å². The lowest BCUT2D eigenvalue weighted by atomic mass is 9.96. The Balaban J connectivity index is 1.79. The van der Waals surface area contributed by atoms with Gasteiger partial charge < -0.3 is 23.4 Å². The van der Waals surface area contributed by atoms with Crippen LogP contribution in [0.1, 0.15) is 18.2 Å². The van der Waals surface area contributed by atoms with Crippen LogP contribution in [0.25, 0.3) is 27.9 Å². The quantitative estimate of drug-likeness (QED) is 0.589. The van der Waals surface area contributed by atoms with Gasteiger partial charge in [-0.15, -0.1) is 0 Å². The van der Waals surface area contributed by atoms with Crippen molar-refractivity contribution in [1.29, 1.82) is 0 Å². The molecule has 0 spiro atoms. The first-order chi connectivity index (χ1) is 14.4. The first-order valence-corrected chi connectivity index (χ1v) is 9.51. The second-order valence-corrected chi connectivity index (χ2v) is 7.44. The summed E-state index contributed by atoms with van der Waals surface area (Å²) in [7, 11) is 3.08. The highest BCUT2D eigenvalue weighted by molar-refractivity contribution is 5.93. The molecule has 1 aromatic heterocycles. The van der Waals surface area contributed by atoms with Gasteiger partial charge in [-0.05, 0) is 30.7 Å². The zero-order valence-electron chi connectivity index (χ0n) is 17.0. The van der Waals surface area contributed by atoms with Gasteiger partial charge in [0.15, 0.2) is 23.0 Å². The second kappa shape index (κ2) is 6.42. The molecule has 152 valence electrons. The molecule has 0 unspecified atom stereocenters. The van der Waals surface area contributed by atoms with Crippen molar-refractivity contribution >= 4 is 16.7 Å². The molecule has 3 heterocycles. The lowest BCUT2D eigenvalue weighted by Gasteiger charge is -2.22. The van der Waals surface area contributed by atoms with Gasteiger partial charge in [0.1, 0.15) is 23.2 Å². The van der Waals surface area contributed by atoms with Crippen LogP contribution >= 0.6 is 0 Å². The average molecular weight is 404 g/mol. The standard InChI is InChI=1S/C24H20O6/c1-11(2)17-9-15-16(29-17)7-6-13-22(25)21-14-8-19(26-4)20(27-5)10-18(14)28-12(3)23(21)30-24(13)15/h6-8,10,17H,1,3,9H2,2,4-5H3/t17-/m1/s1. The predicted molar refractivity (Wildman–Crippen MR) is 114 cm³/mol. The van der Waals surface area contributed by atoms with E-state index in [9.17, 15) is 4.79 Å². The molecule has 0 saturated carbocycles. The van der Waals surface area contributed by atoms with E-state index in [1.54, 1.807) is 25.3 Å². The van der Waals surface area contributed by atoms with Crippen molar-refractivity contribution in [3.8, 4) is 34.1 Å². The number of ether oxygens (including phenoxy) is 4. The third kappa shape index (κ3) is 2.46. The van der Waals surface area contributed by atoms with E-state index in [1.165, 1.54) is 7.11 Å². The van der Waals surface area contributed by atoms with Crippen molar-refractivity contribution in [1.82, 2.24) is 0 Å². The van der Waals surface area contributed by atoms with E-state index < -0.39 is 0 Å². The fourth-order valence-electron chi connectivity index (χ4n) is 4.02. The Bertz CT molecular complexity index is 1310. The summed E-state index contributed by atoms with van der Waals surface area (Å²) in [5.74, 6) is 2.72. The molecule has 6 nitrogen and oxygen atoms in total. The largest absolute Gasteiger partial charge is 0.493 e. The van der Waals surface area contributed by atoms with Crippen LogP contribution in [0.5, 0.6) is 23.0 Å². The summed E-state index contributed by atoms with van der Waals surface area (Å²) in [4.78, 5) is 13.6. The molecule has 0 saturated heterocycles. The Labute approximate surface area is 172 Å². The zero-order valence-corrected chi connectivity index (χ0v) is 17.0. The Morgan fingerprint density at radius 2 is 1.87 bits per heavy atom. The maximum absolute atomic E-state index is 13.6. The van der Waals surface area contributed by atoms with Crippen molar-refractivity contribution in [2.24, 2.45) is 0 Å². The van der Waals surface area contributed by atoms with E-state index in [0.717, 1.165) is 11.1 Å². The molecule has 6 heteroatoms. The third-order valence-corrected chi connectivity index (χ3v) is 5.57. The van der Waals surface area contributed by atoms with E-state index in [4.69, 9.17) is 23.4 Å². The van der Waals surface area contributed by atoms with E-state index in [0.29, 0.717) is 57.3 Å². The molecule has 0 N–H and O–H groups in total. The highest BCUT2D eigenvalue weighted by atomic mass is 16.5. The first-order valence-electron chi connectivity index (χ1n) is 9.51. The summed E-state index contributed by atoms with van der Waals surface area (Å²) in [5.41, 5.74) is 3.07. The molecule has 3 aromatic rings. The summed E-state index contributed by atoms with van der Waals surface area (Å²) in [6.07, 6.45) is 0.461. The number of benzene rings is 2. The van der Waals surface area contributed by atoms with Crippen LogP contribution in [0.4, 0.5) is 0 Å². The molecule has 2 aromatic carbocycles. The molecule has 0 radical (unpaired) electrons. The fourth-order valence-corrected chi connectivity index (χ4v) is 4.02. The summed E-state index contributed by atoms with van der Waals surface area (Å²) >= 11 is 0. The van der Waals surface area contributed by atoms with Gasteiger partial charge in [0.25, 0.3) is 0 Å². The first kappa shape index (κ1) is 18.4. The predicted octanol–water partition coefficient (Wildman–Crippen LogP) is 4.72. The molecular weight excluding hydrogens is 384 g/mol. The van der Waals surface area contributed by atoms with Crippen LogP contribution in [0, 0.1) is 0 Å². The molecule has 5 rings (SSSR count). The Morgan fingerprint density at radius 3 is 2.57 bits per heavy atom. The van der Waals surface area contributed by atoms with Crippen molar-refractivity contribution in [2.75, 3.05) is 14.2 Å². The molecular formula is C24H20O6. The molecule has 1 atom stereocenters. The lowest BCUT2D eigenvalue weighted by Crippen LogP contribution is -2.15. The molecule has 0 fully saturated rings. The molecule has 0 amide bonds. The number of methoxy groups -OCH3 is 2. The Hall–Kier alpha value is -3.67. The molecule has 2 aliphatic heterocycles. The average Bonchev–Trinajstić information content (AvgIpc) is 3.18. The lowest BCUT2D eigenvalue weighted by molar-refractivity contribution is 0.271. The van der Waals surface area contributed by atoms with Crippen molar-refractivity contribution in [3.63, 3.8) is 0 Å². The summed E-state index contributed by atoms with van der Waals surface area (Å²) in [6, 6.07) is 6.95.